The van der Waals surface area contributed by atoms with Gasteiger partial charge in [-0.3, -0.25) is 4.79 Å². The highest BCUT2D eigenvalue weighted by Crippen LogP contribution is 2.07. The molecule has 54 valence electrons. The topological polar surface area (TPSA) is 17.1 Å². The molecule has 0 aromatic rings. The zero-order valence-corrected chi connectivity index (χ0v) is 6.61. The van der Waals surface area contributed by atoms with Crippen molar-refractivity contribution in [2.24, 2.45) is 5.92 Å². The first-order valence-electron chi connectivity index (χ1n) is 3.75. The van der Waals surface area contributed by atoms with Crippen LogP contribution in [0.2, 0.25) is 0 Å². The lowest BCUT2D eigenvalue weighted by molar-refractivity contribution is -0.122. The van der Waals surface area contributed by atoms with Crippen LogP contribution in [-0.2, 0) is 4.79 Å². The highest BCUT2D eigenvalue weighted by atomic mass is 16.1. The Labute approximate surface area is 57.5 Å². The van der Waals surface area contributed by atoms with Gasteiger partial charge in [0.2, 0.25) is 0 Å². The molecule has 0 spiro atoms. The van der Waals surface area contributed by atoms with E-state index in [-0.39, 0.29) is 0 Å². The minimum absolute atomic E-state index is 0.292. The van der Waals surface area contributed by atoms with Crippen LogP contribution >= 0.6 is 0 Å². The van der Waals surface area contributed by atoms with Crippen LogP contribution < -0.4 is 0 Å². The second-order valence-corrected chi connectivity index (χ2v) is 2.51. The minimum Gasteiger partial charge on any atom is -0.299 e. The average molecular weight is 128 g/mol. The number of Topliss-reactive ketones (excluding diaryl/α,β-unsaturated/α-hetero) is 1. The van der Waals surface area contributed by atoms with E-state index in [2.05, 4.69) is 6.92 Å². The molecular weight excluding hydrogens is 112 g/mol. The van der Waals surface area contributed by atoms with Crippen LogP contribution in [0.4, 0.5) is 0 Å². The van der Waals surface area contributed by atoms with Crippen molar-refractivity contribution < 1.29 is 4.79 Å². The van der Waals surface area contributed by atoms with Crippen molar-refractivity contribution in [2.45, 2.75) is 40.0 Å². The third-order valence-electron chi connectivity index (χ3n) is 1.62. The van der Waals surface area contributed by atoms with Crippen molar-refractivity contribution in [3.05, 3.63) is 0 Å². The van der Waals surface area contributed by atoms with Crippen molar-refractivity contribution in [2.75, 3.05) is 0 Å². The Morgan fingerprint density at radius 3 is 2.33 bits per heavy atom. The van der Waals surface area contributed by atoms with E-state index in [1.54, 1.807) is 0 Å². The molecule has 9 heavy (non-hydrogen) atoms. The number of hydrogen-bond donors (Lipinski definition) is 0. The minimum atomic E-state index is 0.292. The fourth-order valence-electron chi connectivity index (χ4n) is 0.942. The molecule has 0 N–H and O–H groups in total. The quantitative estimate of drug-likeness (QED) is 0.568. The predicted molar refractivity (Wildman–Crippen MR) is 39.4 cm³/mol. The van der Waals surface area contributed by atoms with Crippen LogP contribution in [-0.4, -0.2) is 5.78 Å². The molecule has 0 aromatic carbocycles. The molecule has 0 unspecified atom stereocenters. The fraction of sp³-hybridized carbons (Fsp3) is 0.875. The summed E-state index contributed by atoms with van der Waals surface area (Å²) in [6, 6.07) is 0. The molecule has 0 saturated carbocycles. The van der Waals surface area contributed by atoms with Crippen LogP contribution in [0, 0.1) is 5.92 Å². The largest absolute Gasteiger partial charge is 0.299 e. The number of carbonyl (C=O) groups is 1. The van der Waals surface area contributed by atoms with Gasteiger partial charge in [-0.05, 0) is 6.42 Å². The van der Waals surface area contributed by atoms with Gasteiger partial charge in [-0.25, -0.2) is 0 Å². The maximum atomic E-state index is 10.9. The molecule has 0 amide bonds. The zero-order chi connectivity index (χ0) is 7.28. The van der Waals surface area contributed by atoms with Crippen LogP contribution in [0.25, 0.3) is 0 Å². The Morgan fingerprint density at radius 2 is 2.00 bits per heavy atom. The fourth-order valence-corrected chi connectivity index (χ4v) is 0.942. The first-order valence-corrected chi connectivity index (χ1v) is 3.75. The standard InChI is InChI=1S/C8H16O/c1-4-6-7(3)8(9)5-2/h7H,4-6H2,1-3H3/t7-/m0/s1. The second-order valence-electron chi connectivity index (χ2n) is 2.51. The van der Waals surface area contributed by atoms with E-state index < -0.39 is 0 Å². The molecule has 1 nitrogen and oxygen atoms in total. The molecule has 0 fully saturated rings. The van der Waals surface area contributed by atoms with E-state index in [0.717, 1.165) is 12.8 Å². The highest BCUT2D eigenvalue weighted by Gasteiger charge is 2.07. The normalized spacial score (nSPS) is 13.2. The van der Waals surface area contributed by atoms with Crippen molar-refractivity contribution in [1.29, 1.82) is 0 Å². The summed E-state index contributed by atoms with van der Waals surface area (Å²) in [5.41, 5.74) is 0. The van der Waals surface area contributed by atoms with Gasteiger partial charge in [-0.2, -0.15) is 0 Å². The molecular formula is C8H16O. The third-order valence-corrected chi connectivity index (χ3v) is 1.62. The molecule has 0 aromatic heterocycles. The highest BCUT2D eigenvalue weighted by molar-refractivity contribution is 5.80. The molecule has 0 heterocycles. The Hall–Kier alpha value is -0.330. The van der Waals surface area contributed by atoms with Gasteiger partial charge < -0.3 is 0 Å². The van der Waals surface area contributed by atoms with Crippen LogP contribution in [0.1, 0.15) is 40.0 Å². The van der Waals surface area contributed by atoms with Crippen LogP contribution in [0.5, 0.6) is 0 Å². The first-order chi connectivity index (χ1) is 4.22. The molecule has 0 aliphatic heterocycles. The first kappa shape index (κ1) is 8.67. The Morgan fingerprint density at radius 1 is 1.44 bits per heavy atom. The van der Waals surface area contributed by atoms with E-state index in [1.165, 1.54) is 0 Å². The summed E-state index contributed by atoms with van der Waals surface area (Å²) in [5, 5.41) is 0. The van der Waals surface area contributed by atoms with Crippen molar-refractivity contribution in [1.82, 2.24) is 0 Å². The Kier molecular flexibility index (Phi) is 4.37. The summed E-state index contributed by atoms with van der Waals surface area (Å²) >= 11 is 0. The molecule has 0 rings (SSSR count). The van der Waals surface area contributed by atoms with Gasteiger partial charge in [0, 0.05) is 12.3 Å². The molecule has 0 aliphatic carbocycles. The molecule has 0 aliphatic rings. The van der Waals surface area contributed by atoms with E-state index in [1.807, 2.05) is 13.8 Å². The maximum absolute atomic E-state index is 10.9. The number of hydrogen-bond acceptors (Lipinski definition) is 1. The van der Waals surface area contributed by atoms with Gasteiger partial charge in [-0.1, -0.05) is 27.2 Å². The van der Waals surface area contributed by atoms with Gasteiger partial charge >= 0.3 is 0 Å². The summed E-state index contributed by atoms with van der Waals surface area (Å²) in [6.45, 7) is 6.04. The molecule has 1 heteroatoms. The number of ketones is 1. The molecule has 0 radical (unpaired) electrons. The molecule has 0 saturated heterocycles. The molecule has 0 bridgehead atoms. The van der Waals surface area contributed by atoms with Crippen molar-refractivity contribution >= 4 is 5.78 Å². The van der Waals surface area contributed by atoms with E-state index >= 15 is 0 Å². The number of rotatable bonds is 4. The van der Waals surface area contributed by atoms with Crippen LogP contribution in [0.3, 0.4) is 0 Å². The summed E-state index contributed by atoms with van der Waals surface area (Å²) in [7, 11) is 0. The lowest BCUT2D eigenvalue weighted by atomic mass is 10.00. The van der Waals surface area contributed by atoms with Gasteiger partial charge in [0.05, 0.1) is 0 Å². The average Bonchev–Trinajstić information content (AvgIpc) is 1.87. The molecule has 1 atom stereocenters. The number of carbonyl (C=O) groups excluding carboxylic acids is 1. The van der Waals surface area contributed by atoms with E-state index in [9.17, 15) is 4.79 Å². The Bertz CT molecular complexity index is 86.6. The summed E-state index contributed by atoms with van der Waals surface area (Å²) in [6.07, 6.45) is 2.86. The smallest absolute Gasteiger partial charge is 0.135 e. The zero-order valence-electron chi connectivity index (χ0n) is 6.61. The summed E-state index contributed by atoms with van der Waals surface area (Å²) in [4.78, 5) is 10.9. The van der Waals surface area contributed by atoms with Gasteiger partial charge in [0.1, 0.15) is 5.78 Å². The van der Waals surface area contributed by atoms with Crippen molar-refractivity contribution in [3.8, 4) is 0 Å². The van der Waals surface area contributed by atoms with Gasteiger partial charge in [0.25, 0.3) is 0 Å². The van der Waals surface area contributed by atoms with E-state index in [4.69, 9.17) is 0 Å². The monoisotopic (exact) mass is 128 g/mol. The SMILES string of the molecule is CCC[C@H](C)C(=O)CC. The second kappa shape index (κ2) is 4.54. The van der Waals surface area contributed by atoms with Gasteiger partial charge in [-0.15, -0.1) is 0 Å². The predicted octanol–water partition coefficient (Wildman–Crippen LogP) is 2.40. The lowest BCUT2D eigenvalue weighted by Gasteiger charge is -2.04. The van der Waals surface area contributed by atoms with Gasteiger partial charge in [0.15, 0.2) is 0 Å². The third kappa shape index (κ3) is 3.28. The van der Waals surface area contributed by atoms with E-state index in [0.29, 0.717) is 18.1 Å². The van der Waals surface area contributed by atoms with Crippen LogP contribution in [0.15, 0.2) is 0 Å². The van der Waals surface area contributed by atoms with Crippen molar-refractivity contribution in [3.63, 3.8) is 0 Å². The maximum Gasteiger partial charge on any atom is 0.135 e. The Balaban J connectivity index is 3.45. The summed E-state index contributed by atoms with van der Waals surface area (Å²) < 4.78 is 0. The lowest BCUT2D eigenvalue weighted by Crippen LogP contribution is -2.08. The summed E-state index contributed by atoms with van der Waals surface area (Å²) in [5.74, 6) is 0.692.